The molecule has 0 saturated carbocycles. The van der Waals surface area contributed by atoms with Crippen molar-refractivity contribution in [1.82, 2.24) is 14.9 Å². The normalized spacial score (nSPS) is 10.7. The number of anilines is 2. The van der Waals surface area contributed by atoms with Crippen LogP contribution in [0.15, 0.2) is 77.7 Å². The van der Waals surface area contributed by atoms with Gasteiger partial charge in [0.2, 0.25) is 0 Å². The molecule has 6 nitrogen and oxygen atoms in total. The molecule has 1 amide bonds. The molecule has 2 aromatic carbocycles. The Labute approximate surface area is 165 Å². The summed E-state index contributed by atoms with van der Waals surface area (Å²) in [4.78, 5) is 29.4. The molecule has 7 heteroatoms. The van der Waals surface area contributed by atoms with E-state index in [4.69, 9.17) is 0 Å². The maximum Gasteiger partial charge on any atom is 0.254 e. The molecular weight excluding hydrogens is 371 g/mol. The van der Waals surface area contributed by atoms with Gasteiger partial charge in [0, 0.05) is 24.5 Å². The molecule has 0 aliphatic heterocycles. The highest BCUT2D eigenvalue weighted by atomic mass is 19.1. The summed E-state index contributed by atoms with van der Waals surface area (Å²) in [7, 11) is 1.38. The van der Waals surface area contributed by atoms with E-state index in [0.29, 0.717) is 11.5 Å². The van der Waals surface area contributed by atoms with Gasteiger partial charge in [-0.05, 0) is 24.3 Å². The third-order valence-electron chi connectivity index (χ3n) is 4.49. The van der Waals surface area contributed by atoms with Gasteiger partial charge in [-0.1, -0.05) is 36.4 Å². The smallest absolute Gasteiger partial charge is 0.254 e. The van der Waals surface area contributed by atoms with Crippen LogP contribution in [0.3, 0.4) is 0 Å². The second-order valence-electron chi connectivity index (χ2n) is 6.31. The number of benzene rings is 2. The fraction of sp³-hybridized carbons (Fsp3) is 0.0455. The van der Waals surface area contributed by atoms with Gasteiger partial charge in [0.05, 0.1) is 17.1 Å². The monoisotopic (exact) mass is 388 g/mol. The van der Waals surface area contributed by atoms with E-state index in [1.807, 2.05) is 60.7 Å². The number of nitrogens with zero attached hydrogens (tertiary/aromatic N) is 2. The van der Waals surface area contributed by atoms with E-state index in [-0.39, 0.29) is 16.6 Å². The molecule has 0 spiro atoms. The number of halogens is 1. The highest BCUT2D eigenvalue weighted by molar-refractivity contribution is 6.06. The van der Waals surface area contributed by atoms with Crippen molar-refractivity contribution in [3.8, 4) is 5.69 Å². The maximum absolute atomic E-state index is 14.4. The van der Waals surface area contributed by atoms with Gasteiger partial charge in [0.25, 0.3) is 5.91 Å². The number of rotatable bonds is 4. The van der Waals surface area contributed by atoms with E-state index in [1.165, 1.54) is 13.1 Å². The van der Waals surface area contributed by atoms with Gasteiger partial charge < -0.3 is 10.6 Å². The highest BCUT2D eigenvalue weighted by Gasteiger charge is 2.22. The van der Waals surface area contributed by atoms with Crippen LogP contribution in [0.4, 0.5) is 15.9 Å². The zero-order valence-electron chi connectivity index (χ0n) is 15.5. The molecule has 4 rings (SSSR count). The third-order valence-corrected chi connectivity index (χ3v) is 4.49. The van der Waals surface area contributed by atoms with Crippen LogP contribution in [0.25, 0.3) is 16.7 Å². The first-order chi connectivity index (χ1) is 14.1. The Morgan fingerprint density at radius 1 is 1.03 bits per heavy atom. The number of carbonyl (C=O) groups excluding carboxylic acids is 1. The summed E-state index contributed by atoms with van der Waals surface area (Å²) < 4.78 is 16.1. The predicted molar refractivity (Wildman–Crippen MR) is 110 cm³/mol. The van der Waals surface area contributed by atoms with E-state index < -0.39 is 17.2 Å². The van der Waals surface area contributed by atoms with Crippen LogP contribution in [0.5, 0.6) is 0 Å². The third kappa shape index (κ3) is 3.34. The lowest BCUT2D eigenvalue weighted by Crippen LogP contribution is -2.24. The topological polar surface area (TPSA) is 76.0 Å². The zero-order valence-corrected chi connectivity index (χ0v) is 15.5. The largest absolute Gasteiger partial charge is 0.355 e. The van der Waals surface area contributed by atoms with Crippen molar-refractivity contribution < 1.29 is 9.18 Å². The molecule has 0 fully saturated rings. The molecule has 29 heavy (non-hydrogen) atoms. The van der Waals surface area contributed by atoms with Gasteiger partial charge >= 0.3 is 0 Å². The molecule has 2 N–H and O–H groups in total. The molecular formula is C22H17FN4O2. The van der Waals surface area contributed by atoms with Gasteiger partial charge in [-0.25, -0.2) is 9.37 Å². The molecule has 0 saturated heterocycles. The van der Waals surface area contributed by atoms with E-state index in [0.717, 1.165) is 11.9 Å². The molecule has 2 aromatic heterocycles. The summed E-state index contributed by atoms with van der Waals surface area (Å²) in [5, 5.41) is 5.52. The number of hydrogen-bond donors (Lipinski definition) is 2. The summed E-state index contributed by atoms with van der Waals surface area (Å²) in [5.41, 5.74) is 0.833. The van der Waals surface area contributed by atoms with Crippen LogP contribution in [-0.4, -0.2) is 22.5 Å². The molecule has 0 radical (unpaired) electrons. The molecule has 4 aromatic rings. The number of aromatic nitrogens is 2. The summed E-state index contributed by atoms with van der Waals surface area (Å²) in [6.45, 7) is 0. The fourth-order valence-corrected chi connectivity index (χ4v) is 3.20. The zero-order chi connectivity index (χ0) is 20.4. The van der Waals surface area contributed by atoms with Crippen molar-refractivity contribution >= 4 is 28.4 Å². The quantitative estimate of drug-likeness (QED) is 0.560. The molecule has 0 bridgehead atoms. The first-order valence-electron chi connectivity index (χ1n) is 8.94. The van der Waals surface area contributed by atoms with Crippen LogP contribution < -0.4 is 16.1 Å². The first-order valence-corrected chi connectivity index (χ1v) is 8.94. The Bertz CT molecular complexity index is 1250. The molecule has 144 valence electrons. The minimum Gasteiger partial charge on any atom is -0.355 e. The molecule has 2 heterocycles. The Balaban J connectivity index is 2.08. The number of pyridine rings is 2. The highest BCUT2D eigenvalue weighted by Crippen LogP contribution is 2.26. The minimum absolute atomic E-state index is 0.0770. The van der Waals surface area contributed by atoms with E-state index in [2.05, 4.69) is 15.6 Å². The van der Waals surface area contributed by atoms with Crippen molar-refractivity contribution in [2.24, 2.45) is 0 Å². The van der Waals surface area contributed by atoms with Gasteiger partial charge in [-0.2, -0.15) is 0 Å². The lowest BCUT2D eigenvalue weighted by molar-refractivity contribution is 0.0960. The number of para-hydroxylation sites is 2. The van der Waals surface area contributed by atoms with Crippen LogP contribution in [0, 0.1) is 5.82 Å². The first kappa shape index (κ1) is 18.4. The molecule has 0 atom stereocenters. The average Bonchev–Trinajstić information content (AvgIpc) is 2.75. The van der Waals surface area contributed by atoms with Crippen LogP contribution in [0.2, 0.25) is 0 Å². The van der Waals surface area contributed by atoms with Crippen LogP contribution in [-0.2, 0) is 0 Å². The average molecular weight is 388 g/mol. The van der Waals surface area contributed by atoms with Crippen molar-refractivity contribution in [3.05, 3.63) is 94.5 Å². The van der Waals surface area contributed by atoms with Crippen molar-refractivity contribution in [1.29, 1.82) is 0 Å². The number of nitrogens with one attached hydrogen (secondary N) is 2. The van der Waals surface area contributed by atoms with Gasteiger partial charge in [-0.3, -0.25) is 14.2 Å². The number of fused-ring (bicyclic) bond motifs is 1. The Kier molecular flexibility index (Phi) is 4.78. The second-order valence-corrected chi connectivity index (χ2v) is 6.31. The Morgan fingerprint density at radius 3 is 2.34 bits per heavy atom. The minimum atomic E-state index is -0.850. The van der Waals surface area contributed by atoms with Gasteiger partial charge in [0.1, 0.15) is 5.82 Å². The molecule has 0 unspecified atom stereocenters. The van der Waals surface area contributed by atoms with Crippen LogP contribution in [0.1, 0.15) is 10.4 Å². The number of carbonyl (C=O) groups is 1. The number of amides is 1. The SMILES string of the molecule is CNC(=O)c1c(F)cnc2c1c(=O)cc(Nc1ccccc1)n2-c1ccccc1. The van der Waals surface area contributed by atoms with E-state index in [1.54, 1.807) is 4.57 Å². The maximum atomic E-state index is 14.4. The number of hydrogen-bond acceptors (Lipinski definition) is 4. The summed E-state index contributed by atoms with van der Waals surface area (Å²) in [5.74, 6) is -1.09. The Hall–Kier alpha value is -4.00. The van der Waals surface area contributed by atoms with Crippen molar-refractivity contribution in [2.75, 3.05) is 12.4 Å². The summed E-state index contributed by atoms with van der Waals surface area (Å²) in [6, 6.07) is 19.9. The Morgan fingerprint density at radius 2 is 1.69 bits per heavy atom. The molecule has 0 aliphatic carbocycles. The van der Waals surface area contributed by atoms with E-state index in [9.17, 15) is 14.0 Å². The lowest BCUT2D eigenvalue weighted by atomic mass is 10.1. The van der Waals surface area contributed by atoms with Crippen LogP contribution >= 0.6 is 0 Å². The predicted octanol–water partition coefficient (Wildman–Crippen LogP) is 3.63. The second kappa shape index (κ2) is 7.55. The molecule has 0 aliphatic rings. The summed E-state index contributed by atoms with van der Waals surface area (Å²) >= 11 is 0. The lowest BCUT2D eigenvalue weighted by Gasteiger charge is -2.18. The van der Waals surface area contributed by atoms with Gasteiger partial charge in [-0.15, -0.1) is 0 Å². The van der Waals surface area contributed by atoms with Crippen molar-refractivity contribution in [3.63, 3.8) is 0 Å². The van der Waals surface area contributed by atoms with E-state index >= 15 is 0 Å². The van der Waals surface area contributed by atoms with Gasteiger partial charge in [0.15, 0.2) is 16.9 Å². The fourth-order valence-electron chi connectivity index (χ4n) is 3.20. The standard InChI is InChI=1S/C22H17FN4O2/c1-24-22(29)19-16(23)13-25-21-20(19)17(28)12-18(26-14-8-4-2-5-9-14)27(21)15-10-6-3-7-11-15/h2-13,26H,1H3,(H,24,29). The van der Waals surface area contributed by atoms with Crippen molar-refractivity contribution in [2.45, 2.75) is 0 Å². The summed E-state index contributed by atoms with van der Waals surface area (Å²) in [6.07, 6.45) is 0.956.